The van der Waals surface area contributed by atoms with Gasteiger partial charge in [0.25, 0.3) is 5.91 Å². The van der Waals surface area contributed by atoms with Crippen LogP contribution >= 0.6 is 0 Å². The molecule has 0 unspecified atom stereocenters. The Morgan fingerprint density at radius 3 is 2.74 bits per heavy atom. The van der Waals surface area contributed by atoms with E-state index in [-0.39, 0.29) is 5.91 Å². The zero-order chi connectivity index (χ0) is 15.6. The van der Waals surface area contributed by atoms with Crippen molar-refractivity contribution in [3.63, 3.8) is 0 Å². The molecule has 5 heteroatoms. The Morgan fingerprint density at radius 1 is 1.09 bits per heavy atom. The van der Waals surface area contributed by atoms with Gasteiger partial charge in [0, 0.05) is 54.4 Å². The molecule has 0 aliphatic carbocycles. The van der Waals surface area contributed by atoms with Crippen LogP contribution in [0.5, 0.6) is 0 Å². The lowest BCUT2D eigenvalue weighted by Crippen LogP contribution is -2.48. The Labute approximate surface area is 134 Å². The molecule has 0 atom stereocenters. The molecule has 114 valence electrons. The summed E-state index contributed by atoms with van der Waals surface area (Å²) in [6, 6.07) is 13.5. The Hall–Kier alpha value is -2.95. The highest BCUT2D eigenvalue weighted by Crippen LogP contribution is 2.27. The summed E-state index contributed by atoms with van der Waals surface area (Å²) in [6.07, 6.45) is 5.28. The van der Waals surface area contributed by atoms with Crippen molar-refractivity contribution in [2.24, 2.45) is 0 Å². The molecule has 5 nitrogen and oxygen atoms in total. The molecule has 3 heterocycles. The Kier molecular flexibility index (Phi) is 3.38. The van der Waals surface area contributed by atoms with Gasteiger partial charge in [-0.25, -0.2) is 4.98 Å². The molecule has 1 saturated heterocycles. The van der Waals surface area contributed by atoms with Crippen molar-refractivity contribution in [3.05, 3.63) is 72.3 Å². The van der Waals surface area contributed by atoms with Gasteiger partial charge in [0.05, 0.1) is 0 Å². The van der Waals surface area contributed by atoms with Crippen molar-refractivity contribution in [2.75, 3.05) is 13.1 Å². The maximum atomic E-state index is 12.6. The second kappa shape index (κ2) is 5.68. The summed E-state index contributed by atoms with van der Waals surface area (Å²) in [7, 11) is 0. The zero-order valence-electron chi connectivity index (χ0n) is 12.5. The maximum absolute atomic E-state index is 12.6. The fourth-order valence-corrected chi connectivity index (χ4v) is 2.85. The second-order valence-corrected chi connectivity index (χ2v) is 5.68. The van der Waals surface area contributed by atoms with Crippen LogP contribution in [0.1, 0.15) is 22.0 Å². The third kappa shape index (κ3) is 2.61. The molecule has 0 bridgehead atoms. The number of amides is 1. The minimum atomic E-state index is 0.0607. The first-order chi connectivity index (χ1) is 11.3. The molecule has 1 N–H and O–H groups in total. The third-order valence-electron chi connectivity index (χ3n) is 4.16. The van der Waals surface area contributed by atoms with E-state index < -0.39 is 0 Å². The number of hydrogen-bond acceptors (Lipinski definition) is 3. The molecule has 0 radical (unpaired) electrons. The Bertz CT molecular complexity index is 808. The Morgan fingerprint density at radius 2 is 2.00 bits per heavy atom. The predicted octanol–water partition coefficient (Wildman–Crippen LogP) is 2.71. The summed E-state index contributed by atoms with van der Waals surface area (Å²) in [5, 5.41) is 0. The van der Waals surface area contributed by atoms with Gasteiger partial charge in [-0.3, -0.25) is 9.78 Å². The van der Waals surface area contributed by atoms with Gasteiger partial charge in [-0.15, -0.1) is 0 Å². The fourth-order valence-electron chi connectivity index (χ4n) is 2.85. The van der Waals surface area contributed by atoms with Crippen LogP contribution in [0.2, 0.25) is 0 Å². The number of pyridine rings is 1. The lowest BCUT2D eigenvalue weighted by Gasteiger charge is -2.39. The zero-order valence-corrected chi connectivity index (χ0v) is 12.5. The van der Waals surface area contributed by atoms with E-state index in [9.17, 15) is 4.79 Å². The first-order valence-electron chi connectivity index (χ1n) is 7.61. The third-order valence-corrected chi connectivity index (χ3v) is 4.16. The quantitative estimate of drug-likeness (QED) is 0.809. The number of nitrogens with one attached hydrogen (secondary N) is 1. The number of rotatable bonds is 3. The van der Waals surface area contributed by atoms with Crippen molar-refractivity contribution in [2.45, 2.75) is 5.92 Å². The number of aromatic nitrogens is 3. The number of benzene rings is 1. The van der Waals surface area contributed by atoms with Gasteiger partial charge in [-0.1, -0.05) is 18.2 Å². The number of carbonyl (C=O) groups excluding carboxylic acids is 1. The highest BCUT2D eigenvalue weighted by atomic mass is 16.2. The van der Waals surface area contributed by atoms with Gasteiger partial charge < -0.3 is 9.88 Å². The molecule has 1 aliphatic rings. The van der Waals surface area contributed by atoms with Gasteiger partial charge >= 0.3 is 0 Å². The number of H-pyrrole nitrogens is 1. The molecular formula is C18H16N4O. The lowest BCUT2D eigenvalue weighted by atomic mass is 9.94. The minimum Gasteiger partial charge on any atom is -0.345 e. The van der Waals surface area contributed by atoms with Gasteiger partial charge in [-0.05, 0) is 24.3 Å². The molecule has 1 amide bonds. The van der Waals surface area contributed by atoms with E-state index in [0.717, 1.165) is 30.2 Å². The first-order valence-corrected chi connectivity index (χ1v) is 7.61. The average Bonchev–Trinajstić information content (AvgIpc) is 3.09. The van der Waals surface area contributed by atoms with Crippen molar-refractivity contribution < 1.29 is 4.79 Å². The number of aromatic amines is 1. The van der Waals surface area contributed by atoms with Gasteiger partial charge in [0.1, 0.15) is 5.82 Å². The van der Waals surface area contributed by atoms with Crippen molar-refractivity contribution in [3.8, 4) is 11.4 Å². The van der Waals surface area contributed by atoms with Gasteiger partial charge in [0.15, 0.2) is 0 Å². The van der Waals surface area contributed by atoms with Crippen LogP contribution in [0.15, 0.2) is 61.1 Å². The summed E-state index contributed by atoms with van der Waals surface area (Å²) in [5.74, 6) is 1.17. The van der Waals surface area contributed by atoms with Crippen molar-refractivity contribution in [1.29, 1.82) is 0 Å². The fraction of sp³-hybridized carbons (Fsp3) is 0.167. The molecule has 4 rings (SSSR count). The SMILES string of the molecule is O=C(c1cccc(-c2ncc[nH]2)c1)N1CC(c2ccccn2)C1. The lowest BCUT2D eigenvalue weighted by molar-refractivity contribution is 0.0599. The monoisotopic (exact) mass is 304 g/mol. The molecule has 23 heavy (non-hydrogen) atoms. The average molecular weight is 304 g/mol. The summed E-state index contributed by atoms with van der Waals surface area (Å²) in [4.78, 5) is 26.1. The first kappa shape index (κ1) is 13.7. The highest BCUT2D eigenvalue weighted by Gasteiger charge is 2.33. The molecule has 3 aromatic rings. The Balaban J connectivity index is 1.48. The topological polar surface area (TPSA) is 61.9 Å². The largest absolute Gasteiger partial charge is 0.345 e. The second-order valence-electron chi connectivity index (χ2n) is 5.68. The molecule has 0 spiro atoms. The van der Waals surface area contributed by atoms with E-state index in [2.05, 4.69) is 15.0 Å². The van der Waals surface area contributed by atoms with Gasteiger partial charge in [0.2, 0.25) is 0 Å². The minimum absolute atomic E-state index is 0.0607. The van der Waals surface area contributed by atoms with Crippen molar-refractivity contribution in [1.82, 2.24) is 19.9 Å². The normalized spacial score (nSPS) is 14.5. The van der Waals surface area contributed by atoms with Crippen LogP contribution < -0.4 is 0 Å². The summed E-state index contributed by atoms with van der Waals surface area (Å²) in [5.41, 5.74) is 2.67. The summed E-state index contributed by atoms with van der Waals surface area (Å²) < 4.78 is 0. The van der Waals surface area contributed by atoms with E-state index in [1.807, 2.05) is 47.4 Å². The summed E-state index contributed by atoms with van der Waals surface area (Å²) >= 11 is 0. The van der Waals surface area contributed by atoms with Crippen LogP contribution in [0.4, 0.5) is 0 Å². The summed E-state index contributed by atoms with van der Waals surface area (Å²) in [6.45, 7) is 1.45. The molecule has 2 aromatic heterocycles. The standard InChI is InChI=1S/C18H16N4O/c23-18(22-11-15(12-22)16-6-1-2-7-19-16)14-5-3-4-13(10-14)17-20-8-9-21-17/h1-10,15H,11-12H2,(H,20,21). The molecule has 0 saturated carbocycles. The predicted molar refractivity (Wildman–Crippen MR) is 86.9 cm³/mol. The number of carbonyl (C=O) groups is 1. The number of hydrogen-bond donors (Lipinski definition) is 1. The molecule has 1 aromatic carbocycles. The highest BCUT2D eigenvalue weighted by molar-refractivity contribution is 5.95. The van der Waals surface area contributed by atoms with E-state index in [1.165, 1.54) is 0 Å². The number of likely N-dealkylation sites (tertiary alicyclic amines) is 1. The van der Waals surface area contributed by atoms with Crippen LogP contribution in [0.25, 0.3) is 11.4 Å². The van der Waals surface area contributed by atoms with Crippen molar-refractivity contribution >= 4 is 5.91 Å². The van der Waals surface area contributed by atoms with Gasteiger partial charge in [-0.2, -0.15) is 0 Å². The van der Waals surface area contributed by atoms with E-state index in [4.69, 9.17) is 0 Å². The smallest absolute Gasteiger partial charge is 0.253 e. The van der Waals surface area contributed by atoms with E-state index in [0.29, 0.717) is 11.5 Å². The molecular weight excluding hydrogens is 288 g/mol. The van der Waals surface area contributed by atoms with E-state index >= 15 is 0 Å². The van der Waals surface area contributed by atoms with Crippen LogP contribution in [-0.4, -0.2) is 38.8 Å². The molecule has 1 fully saturated rings. The van der Waals surface area contributed by atoms with Crippen LogP contribution in [0.3, 0.4) is 0 Å². The van der Waals surface area contributed by atoms with E-state index in [1.54, 1.807) is 18.6 Å². The number of nitrogens with zero attached hydrogens (tertiary/aromatic N) is 3. The number of imidazole rings is 1. The molecule has 1 aliphatic heterocycles. The van der Waals surface area contributed by atoms with Crippen LogP contribution in [-0.2, 0) is 0 Å². The maximum Gasteiger partial charge on any atom is 0.253 e. The van der Waals surface area contributed by atoms with Crippen LogP contribution in [0, 0.1) is 0 Å².